The number of nitrogens with zero attached hydrogens (tertiary/aromatic N) is 3. The summed E-state index contributed by atoms with van der Waals surface area (Å²) in [6.45, 7) is 4.56. The van der Waals surface area contributed by atoms with Gasteiger partial charge >= 0.3 is 0 Å². The smallest absolute Gasteiger partial charge is 0.229 e. The lowest BCUT2D eigenvalue weighted by Gasteiger charge is -2.09. The molecule has 1 amide bonds. The number of ether oxygens (including phenoxy) is 1. The monoisotopic (exact) mass is 386 g/mol. The Bertz CT molecular complexity index is 1170. The number of carbonyl (C=O) groups excluding carboxylic acids is 1. The second-order valence-electron chi connectivity index (χ2n) is 6.76. The molecule has 2 aromatic heterocycles. The lowest BCUT2D eigenvalue weighted by molar-refractivity contribution is -0.115. The van der Waals surface area contributed by atoms with Crippen LogP contribution in [-0.4, -0.2) is 26.9 Å². The fourth-order valence-corrected chi connectivity index (χ4v) is 3.21. The van der Waals surface area contributed by atoms with Crippen LogP contribution in [0.15, 0.2) is 67.1 Å². The molecule has 6 heteroatoms. The number of imidazole rings is 1. The molecular formula is C23H22N4O2. The Morgan fingerprint density at radius 2 is 1.97 bits per heavy atom. The molecule has 0 aliphatic carbocycles. The van der Waals surface area contributed by atoms with Gasteiger partial charge in [0.15, 0.2) is 5.65 Å². The van der Waals surface area contributed by atoms with E-state index >= 15 is 0 Å². The molecule has 0 bridgehead atoms. The first-order valence-electron chi connectivity index (χ1n) is 9.54. The molecule has 4 aromatic rings. The van der Waals surface area contributed by atoms with Gasteiger partial charge in [0.2, 0.25) is 5.91 Å². The second kappa shape index (κ2) is 8.14. The van der Waals surface area contributed by atoms with Crippen molar-refractivity contribution in [1.29, 1.82) is 0 Å². The Hall–Kier alpha value is -3.67. The number of rotatable bonds is 6. The molecule has 0 fully saturated rings. The average molecular weight is 386 g/mol. The number of benzene rings is 2. The number of aryl methyl sites for hydroxylation is 1. The van der Waals surface area contributed by atoms with Gasteiger partial charge in [-0.15, -0.1) is 0 Å². The molecule has 0 atom stereocenters. The van der Waals surface area contributed by atoms with Crippen LogP contribution in [0.1, 0.15) is 18.1 Å². The summed E-state index contributed by atoms with van der Waals surface area (Å²) in [5, 5.41) is 2.96. The summed E-state index contributed by atoms with van der Waals surface area (Å²) in [6, 6.07) is 15.7. The third-order valence-electron chi connectivity index (χ3n) is 4.72. The number of hydrogen-bond acceptors (Lipinski definition) is 4. The molecule has 0 unspecified atom stereocenters. The number of aromatic nitrogens is 3. The standard InChI is InChI=1S/C23H22N4O2/c1-3-29-19-10-6-9-18(11-19)20-15-27-21(13-24-20)25-14-22(27)26-23(28)12-17-8-5-4-7-16(17)2/h4-11,13-15H,3,12H2,1-2H3,(H,26,28). The molecule has 0 saturated heterocycles. The molecule has 0 aliphatic heterocycles. The molecule has 0 radical (unpaired) electrons. The Morgan fingerprint density at radius 3 is 2.79 bits per heavy atom. The van der Waals surface area contributed by atoms with Crippen LogP contribution >= 0.6 is 0 Å². The lowest BCUT2D eigenvalue weighted by atomic mass is 10.1. The molecule has 2 heterocycles. The van der Waals surface area contributed by atoms with Crippen molar-refractivity contribution in [3.63, 3.8) is 0 Å². The minimum absolute atomic E-state index is 0.0854. The highest BCUT2D eigenvalue weighted by Crippen LogP contribution is 2.24. The van der Waals surface area contributed by atoms with Crippen LogP contribution in [0, 0.1) is 6.92 Å². The van der Waals surface area contributed by atoms with Crippen LogP contribution < -0.4 is 10.1 Å². The SMILES string of the molecule is CCOc1cccc(-c2cn3c(NC(=O)Cc4ccccc4C)cnc3cn2)c1. The van der Waals surface area contributed by atoms with Gasteiger partial charge in [-0.2, -0.15) is 0 Å². The van der Waals surface area contributed by atoms with Crippen molar-refractivity contribution in [1.82, 2.24) is 14.4 Å². The van der Waals surface area contributed by atoms with E-state index in [9.17, 15) is 4.79 Å². The highest BCUT2D eigenvalue weighted by molar-refractivity contribution is 5.92. The molecule has 0 spiro atoms. The Balaban J connectivity index is 1.59. The molecule has 0 saturated carbocycles. The summed E-state index contributed by atoms with van der Waals surface area (Å²) in [7, 11) is 0. The highest BCUT2D eigenvalue weighted by Gasteiger charge is 2.11. The van der Waals surface area contributed by atoms with Crippen molar-refractivity contribution in [2.24, 2.45) is 0 Å². The summed E-state index contributed by atoms with van der Waals surface area (Å²) in [4.78, 5) is 21.4. The van der Waals surface area contributed by atoms with Gasteiger partial charge in [-0.05, 0) is 37.1 Å². The highest BCUT2D eigenvalue weighted by atomic mass is 16.5. The summed E-state index contributed by atoms with van der Waals surface area (Å²) in [6.07, 6.45) is 5.53. The first kappa shape index (κ1) is 18.7. The molecule has 1 N–H and O–H groups in total. The van der Waals surface area contributed by atoms with Gasteiger partial charge in [-0.1, -0.05) is 36.4 Å². The zero-order valence-corrected chi connectivity index (χ0v) is 16.4. The Morgan fingerprint density at radius 1 is 1.10 bits per heavy atom. The maximum Gasteiger partial charge on any atom is 0.229 e. The largest absolute Gasteiger partial charge is 0.494 e. The minimum Gasteiger partial charge on any atom is -0.494 e. The summed E-state index contributed by atoms with van der Waals surface area (Å²) >= 11 is 0. The van der Waals surface area contributed by atoms with Crippen molar-refractivity contribution in [3.05, 3.63) is 78.2 Å². The number of anilines is 1. The fraction of sp³-hybridized carbons (Fsp3) is 0.174. The van der Waals surface area contributed by atoms with E-state index in [1.54, 1.807) is 12.4 Å². The molecule has 29 heavy (non-hydrogen) atoms. The molecule has 2 aromatic carbocycles. The van der Waals surface area contributed by atoms with Crippen LogP contribution in [0.3, 0.4) is 0 Å². The predicted octanol–water partition coefficient (Wildman–Crippen LogP) is 4.28. The van der Waals surface area contributed by atoms with E-state index in [0.717, 1.165) is 28.1 Å². The third-order valence-corrected chi connectivity index (χ3v) is 4.72. The molecule has 146 valence electrons. The maximum absolute atomic E-state index is 12.6. The summed E-state index contributed by atoms with van der Waals surface area (Å²) in [5.41, 5.74) is 4.48. The van der Waals surface area contributed by atoms with E-state index in [4.69, 9.17) is 4.74 Å². The number of fused-ring (bicyclic) bond motifs is 1. The number of hydrogen-bond donors (Lipinski definition) is 1. The molecule has 0 aliphatic rings. The van der Waals surface area contributed by atoms with Crippen LogP contribution in [0.5, 0.6) is 5.75 Å². The quantitative estimate of drug-likeness (QED) is 0.537. The van der Waals surface area contributed by atoms with Crippen molar-refractivity contribution in [2.75, 3.05) is 11.9 Å². The lowest BCUT2D eigenvalue weighted by Crippen LogP contribution is -2.16. The van der Waals surface area contributed by atoms with Gasteiger partial charge in [0.25, 0.3) is 0 Å². The van der Waals surface area contributed by atoms with Crippen LogP contribution in [0.2, 0.25) is 0 Å². The van der Waals surface area contributed by atoms with Crippen LogP contribution in [0.25, 0.3) is 16.9 Å². The van der Waals surface area contributed by atoms with Crippen molar-refractivity contribution < 1.29 is 9.53 Å². The fourth-order valence-electron chi connectivity index (χ4n) is 3.21. The van der Waals surface area contributed by atoms with Crippen LogP contribution in [0.4, 0.5) is 5.82 Å². The second-order valence-corrected chi connectivity index (χ2v) is 6.76. The number of amides is 1. The molecular weight excluding hydrogens is 364 g/mol. The molecule has 6 nitrogen and oxygen atoms in total. The van der Waals surface area contributed by atoms with E-state index in [2.05, 4.69) is 15.3 Å². The van der Waals surface area contributed by atoms with Crippen LogP contribution in [-0.2, 0) is 11.2 Å². The van der Waals surface area contributed by atoms with Gasteiger partial charge < -0.3 is 10.1 Å². The Kier molecular flexibility index (Phi) is 5.24. The van der Waals surface area contributed by atoms with Gasteiger partial charge in [-0.25, -0.2) is 4.98 Å². The van der Waals surface area contributed by atoms with Gasteiger partial charge in [-0.3, -0.25) is 14.2 Å². The van der Waals surface area contributed by atoms with Gasteiger partial charge in [0, 0.05) is 11.8 Å². The van der Waals surface area contributed by atoms with Gasteiger partial charge in [0.1, 0.15) is 11.6 Å². The van der Waals surface area contributed by atoms with Crippen molar-refractivity contribution in [3.8, 4) is 17.0 Å². The van der Waals surface area contributed by atoms with Crippen molar-refractivity contribution in [2.45, 2.75) is 20.3 Å². The van der Waals surface area contributed by atoms with Gasteiger partial charge in [0.05, 0.1) is 31.1 Å². The number of nitrogens with one attached hydrogen (secondary N) is 1. The van der Waals surface area contributed by atoms with E-state index in [1.165, 1.54) is 0 Å². The third kappa shape index (κ3) is 4.11. The first-order chi connectivity index (χ1) is 14.1. The zero-order chi connectivity index (χ0) is 20.2. The zero-order valence-electron chi connectivity index (χ0n) is 16.4. The van der Waals surface area contributed by atoms with E-state index in [1.807, 2.05) is 73.0 Å². The molecule has 4 rings (SSSR count). The Labute approximate surface area is 169 Å². The number of carbonyl (C=O) groups is 1. The predicted molar refractivity (Wildman–Crippen MR) is 113 cm³/mol. The van der Waals surface area contributed by atoms with E-state index < -0.39 is 0 Å². The van der Waals surface area contributed by atoms with E-state index in [0.29, 0.717) is 24.5 Å². The summed E-state index contributed by atoms with van der Waals surface area (Å²) < 4.78 is 7.42. The first-order valence-corrected chi connectivity index (χ1v) is 9.54. The van der Waals surface area contributed by atoms with E-state index in [-0.39, 0.29) is 5.91 Å². The normalized spacial score (nSPS) is 10.8. The summed E-state index contributed by atoms with van der Waals surface area (Å²) in [5.74, 6) is 1.32. The minimum atomic E-state index is -0.0854. The maximum atomic E-state index is 12.6. The average Bonchev–Trinajstić information content (AvgIpc) is 3.12. The topological polar surface area (TPSA) is 68.5 Å². The van der Waals surface area contributed by atoms with Crippen molar-refractivity contribution >= 4 is 17.4 Å².